The molecule has 0 amide bonds. The first-order valence-electron chi connectivity index (χ1n) is 4.89. The van der Waals surface area contributed by atoms with E-state index in [0.717, 1.165) is 17.0 Å². The molecule has 16 heavy (non-hydrogen) atoms. The topological polar surface area (TPSA) is 25.2 Å². The minimum atomic E-state index is 0.395. The van der Waals surface area contributed by atoms with Gasteiger partial charge in [0.1, 0.15) is 5.76 Å². The minimum absolute atomic E-state index is 0.395. The summed E-state index contributed by atoms with van der Waals surface area (Å²) in [4.78, 5) is 0. The predicted molar refractivity (Wildman–Crippen MR) is 67.2 cm³/mol. The van der Waals surface area contributed by atoms with Gasteiger partial charge in [0.2, 0.25) is 0 Å². The summed E-state index contributed by atoms with van der Waals surface area (Å²) < 4.78 is 5.24. The molecule has 0 spiro atoms. The highest BCUT2D eigenvalue weighted by Crippen LogP contribution is 2.23. The van der Waals surface area contributed by atoms with Gasteiger partial charge in [-0.1, -0.05) is 17.7 Å². The number of benzene rings is 1. The highest BCUT2D eigenvalue weighted by molar-refractivity contribution is 6.33. The van der Waals surface area contributed by atoms with E-state index in [4.69, 9.17) is 27.6 Å². The van der Waals surface area contributed by atoms with E-state index in [2.05, 4.69) is 5.32 Å². The molecule has 0 saturated heterocycles. The van der Waals surface area contributed by atoms with Crippen LogP contribution in [0.5, 0.6) is 0 Å². The van der Waals surface area contributed by atoms with Crippen LogP contribution in [0.25, 0.3) is 0 Å². The molecule has 0 aliphatic carbocycles. The van der Waals surface area contributed by atoms with Gasteiger partial charge in [-0.2, -0.15) is 0 Å². The lowest BCUT2D eigenvalue weighted by atomic mass is 10.2. The fourth-order valence-electron chi connectivity index (χ4n) is 1.40. The molecular formula is C12H11Cl2NO. The van der Waals surface area contributed by atoms with Gasteiger partial charge in [0.15, 0.2) is 5.22 Å². The highest BCUT2D eigenvalue weighted by atomic mass is 35.5. The molecule has 1 aromatic carbocycles. The van der Waals surface area contributed by atoms with Crippen LogP contribution in [0.2, 0.25) is 10.2 Å². The van der Waals surface area contributed by atoms with Crippen molar-refractivity contribution in [3.05, 3.63) is 51.9 Å². The zero-order chi connectivity index (χ0) is 11.5. The number of nitrogens with one attached hydrogen (secondary N) is 1. The summed E-state index contributed by atoms with van der Waals surface area (Å²) in [5, 5.41) is 4.29. The normalized spacial score (nSPS) is 10.4. The van der Waals surface area contributed by atoms with Gasteiger partial charge in [0.05, 0.1) is 17.3 Å². The van der Waals surface area contributed by atoms with Crippen LogP contribution in [-0.2, 0) is 6.54 Å². The molecule has 0 aliphatic heterocycles. The second-order valence-electron chi connectivity index (χ2n) is 3.54. The molecule has 0 saturated carbocycles. The first kappa shape index (κ1) is 11.4. The first-order chi connectivity index (χ1) is 7.65. The smallest absolute Gasteiger partial charge is 0.193 e. The Morgan fingerprint density at radius 3 is 2.69 bits per heavy atom. The van der Waals surface area contributed by atoms with Crippen LogP contribution in [0.1, 0.15) is 11.3 Å². The Balaban J connectivity index is 2.07. The summed E-state index contributed by atoms with van der Waals surface area (Å²) in [5.41, 5.74) is 2.05. The van der Waals surface area contributed by atoms with E-state index in [1.807, 2.05) is 31.2 Å². The Labute approximate surface area is 104 Å². The van der Waals surface area contributed by atoms with Crippen LogP contribution in [0.15, 0.2) is 34.7 Å². The monoisotopic (exact) mass is 255 g/mol. The molecule has 1 heterocycles. The Morgan fingerprint density at radius 2 is 2.00 bits per heavy atom. The van der Waals surface area contributed by atoms with Crippen LogP contribution in [0.4, 0.5) is 5.69 Å². The summed E-state index contributed by atoms with van der Waals surface area (Å²) in [6, 6.07) is 9.38. The van der Waals surface area contributed by atoms with Crippen LogP contribution in [0, 0.1) is 6.92 Å². The average Bonchev–Trinajstić information content (AvgIpc) is 2.66. The van der Waals surface area contributed by atoms with E-state index in [1.54, 1.807) is 6.07 Å². The third-order valence-electron chi connectivity index (χ3n) is 2.20. The summed E-state index contributed by atoms with van der Waals surface area (Å²) in [7, 11) is 0. The zero-order valence-corrected chi connectivity index (χ0v) is 10.3. The van der Waals surface area contributed by atoms with Crippen molar-refractivity contribution in [1.29, 1.82) is 0 Å². The predicted octanol–water partition coefficient (Wildman–Crippen LogP) is 4.51. The Bertz CT molecular complexity index is 494. The SMILES string of the molecule is Cc1ccc(Cl)c(NCc2ccc(Cl)o2)c1. The first-order valence-corrected chi connectivity index (χ1v) is 5.65. The van der Waals surface area contributed by atoms with Crippen molar-refractivity contribution in [2.24, 2.45) is 0 Å². The summed E-state index contributed by atoms with van der Waals surface area (Å²) in [6.45, 7) is 2.58. The van der Waals surface area contributed by atoms with Gasteiger partial charge < -0.3 is 9.73 Å². The molecule has 1 aromatic heterocycles. The van der Waals surface area contributed by atoms with Crippen molar-refractivity contribution in [1.82, 2.24) is 0 Å². The third kappa shape index (κ3) is 2.71. The summed E-state index contributed by atoms with van der Waals surface area (Å²) in [6.07, 6.45) is 0. The molecular weight excluding hydrogens is 245 g/mol. The van der Waals surface area contributed by atoms with Crippen LogP contribution in [-0.4, -0.2) is 0 Å². The van der Waals surface area contributed by atoms with E-state index in [9.17, 15) is 0 Å². The van der Waals surface area contributed by atoms with Gasteiger partial charge in [0.25, 0.3) is 0 Å². The van der Waals surface area contributed by atoms with Gasteiger partial charge >= 0.3 is 0 Å². The summed E-state index contributed by atoms with van der Waals surface area (Å²) >= 11 is 11.7. The second kappa shape index (κ2) is 4.81. The molecule has 2 aromatic rings. The van der Waals surface area contributed by atoms with Crippen molar-refractivity contribution in [2.75, 3.05) is 5.32 Å². The van der Waals surface area contributed by atoms with Gasteiger partial charge in [-0.15, -0.1) is 0 Å². The maximum Gasteiger partial charge on any atom is 0.193 e. The molecule has 0 fully saturated rings. The van der Waals surface area contributed by atoms with E-state index >= 15 is 0 Å². The van der Waals surface area contributed by atoms with E-state index < -0.39 is 0 Å². The molecule has 0 unspecified atom stereocenters. The molecule has 2 rings (SSSR count). The van der Waals surface area contributed by atoms with E-state index in [1.165, 1.54) is 0 Å². The molecule has 0 bridgehead atoms. The fourth-order valence-corrected chi connectivity index (χ4v) is 1.75. The van der Waals surface area contributed by atoms with Crippen LogP contribution >= 0.6 is 23.2 Å². The van der Waals surface area contributed by atoms with Crippen molar-refractivity contribution in [2.45, 2.75) is 13.5 Å². The zero-order valence-electron chi connectivity index (χ0n) is 8.76. The van der Waals surface area contributed by atoms with Crippen molar-refractivity contribution in [3.63, 3.8) is 0 Å². The highest BCUT2D eigenvalue weighted by Gasteiger charge is 2.02. The van der Waals surface area contributed by atoms with Crippen molar-refractivity contribution in [3.8, 4) is 0 Å². The second-order valence-corrected chi connectivity index (χ2v) is 4.32. The third-order valence-corrected chi connectivity index (χ3v) is 2.74. The lowest BCUT2D eigenvalue weighted by molar-refractivity contribution is 0.520. The maximum atomic E-state index is 6.05. The van der Waals surface area contributed by atoms with Crippen molar-refractivity contribution < 1.29 is 4.42 Å². The molecule has 0 radical (unpaired) electrons. The average molecular weight is 256 g/mol. The molecule has 0 aliphatic rings. The quantitative estimate of drug-likeness (QED) is 0.874. The van der Waals surface area contributed by atoms with E-state index in [-0.39, 0.29) is 0 Å². The number of halogens is 2. The number of furan rings is 1. The van der Waals surface area contributed by atoms with Gasteiger partial charge in [0, 0.05) is 0 Å². The van der Waals surface area contributed by atoms with Gasteiger partial charge in [-0.25, -0.2) is 0 Å². The number of rotatable bonds is 3. The number of hydrogen-bond acceptors (Lipinski definition) is 2. The largest absolute Gasteiger partial charge is 0.448 e. The fraction of sp³-hybridized carbons (Fsp3) is 0.167. The van der Waals surface area contributed by atoms with Crippen molar-refractivity contribution >= 4 is 28.9 Å². The molecule has 84 valence electrons. The van der Waals surface area contributed by atoms with Gasteiger partial charge in [-0.3, -0.25) is 0 Å². The Hall–Kier alpha value is -1.12. The summed E-state index contributed by atoms with van der Waals surface area (Å²) in [5.74, 6) is 0.780. The number of anilines is 1. The minimum Gasteiger partial charge on any atom is -0.448 e. The van der Waals surface area contributed by atoms with Crippen LogP contribution in [0.3, 0.4) is 0 Å². The molecule has 1 N–H and O–H groups in total. The lowest BCUT2D eigenvalue weighted by Gasteiger charge is -2.07. The number of aryl methyl sites for hydroxylation is 1. The molecule has 4 heteroatoms. The molecule has 0 atom stereocenters. The Morgan fingerprint density at radius 1 is 1.19 bits per heavy atom. The lowest BCUT2D eigenvalue weighted by Crippen LogP contribution is -1.98. The standard InChI is InChI=1S/C12H11Cl2NO/c1-8-2-4-10(13)11(6-8)15-7-9-3-5-12(14)16-9/h2-6,15H,7H2,1H3. The van der Waals surface area contributed by atoms with E-state index in [0.29, 0.717) is 16.8 Å². The molecule has 2 nitrogen and oxygen atoms in total. The van der Waals surface area contributed by atoms with Crippen LogP contribution < -0.4 is 5.32 Å². The maximum absolute atomic E-state index is 6.05. The number of hydrogen-bond donors (Lipinski definition) is 1. The Kier molecular flexibility index (Phi) is 3.42. The van der Waals surface area contributed by atoms with Gasteiger partial charge in [-0.05, 0) is 48.4 Å².